The Morgan fingerprint density at radius 2 is 1.41 bits per heavy atom. The van der Waals surface area contributed by atoms with Gasteiger partial charge < -0.3 is 23.7 Å². The van der Waals surface area contributed by atoms with Crippen molar-refractivity contribution in [3.63, 3.8) is 0 Å². The van der Waals surface area contributed by atoms with Crippen molar-refractivity contribution in [2.45, 2.75) is 63.3 Å². The minimum atomic E-state index is -1.24. The number of nitro benzene ring substituents is 1. The molecule has 1 aromatic rings. The van der Waals surface area contributed by atoms with Crippen molar-refractivity contribution in [2.24, 2.45) is 0 Å². The molecule has 0 aromatic heterocycles. The zero-order valence-electron chi connectivity index (χ0n) is 19.0. The summed E-state index contributed by atoms with van der Waals surface area (Å²) >= 11 is 1.16. The van der Waals surface area contributed by atoms with Gasteiger partial charge >= 0.3 is 23.9 Å². The molecule has 0 N–H and O–H groups in total. The number of nitro groups is 1. The third-order valence-electron chi connectivity index (χ3n) is 4.51. The van der Waals surface area contributed by atoms with E-state index >= 15 is 0 Å². The van der Waals surface area contributed by atoms with Crippen LogP contribution < -0.4 is 0 Å². The van der Waals surface area contributed by atoms with E-state index in [9.17, 15) is 29.3 Å². The summed E-state index contributed by atoms with van der Waals surface area (Å²) in [5, 5.41) is 10.9. The van der Waals surface area contributed by atoms with Crippen LogP contribution in [0.5, 0.6) is 0 Å². The lowest BCUT2D eigenvalue weighted by atomic mass is 9.99. The number of non-ortho nitro benzene ring substituents is 1. The molecule has 1 fully saturated rings. The monoisotopic (exact) mass is 499 g/mol. The molecular weight excluding hydrogens is 474 g/mol. The van der Waals surface area contributed by atoms with Crippen LogP contribution in [0.2, 0.25) is 0 Å². The minimum Gasteiger partial charge on any atom is -0.463 e. The first-order valence-electron chi connectivity index (χ1n) is 10.1. The summed E-state index contributed by atoms with van der Waals surface area (Å²) in [6.07, 6.45) is -4.66. The predicted octanol–water partition coefficient (Wildman–Crippen LogP) is 1.91. The third-order valence-corrected chi connectivity index (χ3v) is 5.72. The van der Waals surface area contributed by atoms with Gasteiger partial charge in [0.1, 0.15) is 18.1 Å². The highest BCUT2D eigenvalue weighted by molar-refractivity contribution is 7.99. The van der Waals surface area contributed by atoms with Crippen LogP contribution in [-0.4, -0.2) is 65.3 Å². The average Bonchev–Trinajstić information content (AvgIpc) is 2.73. The number of carbonyl (C=O) groups is 4. The fraction of sp³-hybridized carbons (Fsp3) is 0.524. The van der Waals surface area contributed by atoms with Crippen molar-refractivity contribution in [1.82, 2.24) is 0 Å². The number of esters is 4. The van der Waals surface area contributed by atoms with Gasteiger partial charge in [-0.15, -0.1) is 11.8 Å². The summed E-state index contributed by atoms with van der Waals surface area (Å²) in [5.41, 5.74) is -0.277. The average molecular weight is 499 g/mol. The molecule has 34 heavy (non-hydrogen) atoms. The number of rotatable bonds is 9. The van der Waals surface area contributed by atoms with Crippen LogP contribution in [0.1, 0.15) is 33.3 Å². The van der Waals surface area contributed by atoms with Gasteiger partial charge in [0, 0.05) is 45.6 Å². The Labute approximate surface area is 199 Å². The number of hydrogen-bond acceptors (Lipinski definition) is 12. The highest BCUT2D eigenvalue weighted by Gasteiger charge is 2.52. The molecular formula is C21H25NO11S. The van der Waals surface area contributed by atoms with Crippen LogP contribution in [0.3, 0.4) is 0 Å². The number of benzene rings is 1. The SMILES string of the molecule is CC(=O)OC[C@@H]1O[C@H](SCc2ccc([N+](=O)[O-])cc2)[C@H](OC(C)=O)[C@@H](OC(C)=O)[C@H]1OC(C)=O. The first-order chi connectivity index (χ1) is 16.0. The van der Waals surface area contributed by atoms with Crippen molar-refractivity contribution >= 4 is 41.3 Å². The highest BCUT2D eigenvalue weighted by Crippen LogP contribution is 2.35. The lowest BCUT2D eigenvalue weighted by molar-refractivity contribution is -0.384. The van der Waals surface area contributed by atoms with E-state index in [2.05, 4.69) is 0 Å². The summed E-state index contributed by atoms with van der Waals surface area (Å²) in [4.78, 5) is 57.1. The topological polar surface area (TPSA) is 158 Å². The smallest absolute Gasteiger partial charge is 0.303 e. The van der Waals surface area contributed by atoms with E-state index in [1.165, 1.54) is 19.1 Å². The van der Waals surface area contributed by atoms with E-state index < -0.39 is 58.7 Å². The second-order valence-corrected chi connectivity index (χ2v) is 8.39. The van der Waals surface area contributed by atoms with Gasteiger partial charge in [0.15, 0.2) is 18.3 Å². The van der Waals surface area contributed by atoms with Gasteiger partial charge in [-0.25, -0.2) is 0 Å². The lowest BCUT2D eigenvalue weighted by Gasteiger charge is -2.44. The van der Waals surface area contributed by atoms with Crippen LogP contribution in [0.15, 0.2) is 24.3 Å². The van der Waals surface area contributed by atoms with Crippen LogP contribution in [0.25, 0.3) is 0 Å². The maximum absolute atomic E-state index is 11.8. The Bertz CT molecular complexity index is 920. The van der Waals surface area contributed by atoms with Gasteiger partial charge in [-0.3, -0.25) is 29.3 Å². The number of thioether (sulfide) groups is 1. The summed E-state index contributed by atoms with van der Waals surface area (Å²) in [6.45, 7) is 4.33. The molecule has 13 heteroatoms. The summed E-state index contributed by atoms with van der Waals surface area (Å²) in [6, 6.07) is 5.83. The van der Waals surface area contributed by atoms with E-state index in [-0.39, 0.29) is 18.0 Å². The molecule has 0 saturated carbocycles. The Balaban J connectivity index is 2.34. The second-order valence-electron chi connectivity index (χ2n) is 7.30. The Morgan fingerprint density at radius 1 is 0.882 bits per heavy atom. The molecule has 186 valence electrons. The Hall–Kier alpha value is -3.19. The van der Waals surface area contributed by atoms with Crippen molar-refractivity contribution in [3.8, 4) is 0 Å². The van der Waals surface area contributed by atoms with E-state index in [1.807, 2.05) is 0 Å². The molecule has 1 saturated heterocycles. The van der Waals surface area contributed by atoms with E-state index in [0.717, 1.165) is 32.5 Å². The molecule has 0 bridgehead atoms. The van der Waals surface area contributed by atoms with E-state index in [4.69, 9.17) is 23.7 Å². The molecule has 0 radical (unpaired) electrons. The number of ether oxygens (including phenoxy) is 5. The molecule has 5 atom stereocenters. The first-order valence-corrected chi connectivity index (χ1v) is 11.2. The summed E-state index contributed by atoms with van der Waals surface area (Å²) in [7, 11) is 0. The van der Waals surface area contributed by atoms with Gasteiger partial charge in [-0.2, -0.15) is 0 Å². The molecule has 0 aliphatic carbocycles. The Kier molecular flexibility index (Phi) is 9.81. The van der Waals surface area contributed by atoms with E-state index in [1.54, 1.807) is 12.1 Å². The van der Waals surface area contributed by atoms with Gasteiger partial charge in [-0.05, 0) is 5.56 Å². The fourth-order valence-corrected chi connectivity index (χ4v) is 4.39. The molecule has 1 aromatic carbocycles. The fourth-order valence-electron chi connectivity index (χ4n) is 3.22. The quantitative estimate of drug-likeness (QED) is 0.211. The van der Waals surface area contributed by atoms with Crippen LogP contribution in [0.4, 0.5) is 5.69 Å². The molecule has 0 spiro atoms. The van der Waals surface area contributed by atoms with Crippen molar-refractivity contribution in [1.29, 1.82) is 0 Å². The zero-order valence-corrected chi connectivity index (χ0v) is 19.8. The molecule has 12 nitrogen and oxygen atoms in total. The molecule has 0 unspecified atom stereocenters. The Morgan fingerprint density at radius 3 is 1.91 bits per heavy atom. The third kappa shape index (κ3) is 7.99. The van der Waals surface area contributed by atoms with Gasteiger partial charge in [0.05, 0.1) is 4.92 Å². The predicted molar refractivity (Wildman–Crippen MR) is 116 cm³/mol. The van der Waals surface area contributed by atoms with Gasteiger partial charge in [0.2, 0.25) is 0 Å². The molecule has 2 rings (SSSR count). The molecule has 1 heterocycles. The van der Waals surface area contributed by atoms with Gasteiger partial charge in [-0.1, -0.05) is 12.1 Å². The van der Waals surface area contributed by atoms with Crippen molar-refractivity contribution in [2.75, 3.05) is 6.61 Å². The number of hydrogen-bond donors (Lipinski definition) is 0. The number of nitrogens with zero attached hydrogens (tertiary/aromatic N) is 1. The minimum absolute atomic E-state index is 0.0685. The summed E-state index contributed by atoms with van der Waals surface area (Å²) < 4.78 is 27.1. The summed E-state index contributed by atoms with van der Waals surface area (Å²) in [5.74, 6) is -2.44. The van der Waals surface area contributed by atoms with Crippen molar-refractivity contribution < 1.29 is 47.8 Å². The normalized spacial score (nSPS) is 23.9. The standard InChI is InChI=1S/C21H25NO11S/c1-11(23)29-9-17-18(30-12(2)24)19(31-13(3)25)20(32-14(4)26)21(33-17)34-10-15-5-7-16(8-6-15)22(27)28/h5-8,17-21H,9-10H2,1-4H3/t17-,18-,19-,20+,21+/m0/s1. The van der Waals surface area contributed by atoms with Crippen LogP contribution >= 0.6 is 11.8 Å². The molecule has 1 aliphatic rings. The van der Waals surface area contributed by atoms with Crippen molar-refractivity contribution in [3.05, 3.63) is 39.9 Å². The van der Waals surface area contributed by atoms with Gasteiger partial charge in [0.25, 0.3) is 5.69 Å². The number of carbonyl (C=O) groups excluding carboxylic acids is 4. The lowest BCUT2D eigenvalue weighted by Crippen LogP contribution is -2.61. The van der Waals surface area contributed by atoms with Crippen LogP contribution in [-0.2, 0) is 48.6 Å². The second kappa shape index (κ2) is 12.3. The zero-order chi connectivity index (χ0) is 25.4. The maximum atomic E-state index is 11.8. The largest absolute Gasteiger partial charge is 0.463 e. The molecule has 0 amide bonds. The first kappa shape index (κ1) is 27.1. The molecule has 1 aliphatic heterocycles. The van der Waals surface area contributed by atoms with E-state index in [0.29, 0.717) is 5.56 Å². The maximum Gasteiger partial charge on any atom is 0.303 e. The van der Waals surface area contributed by atoms with Crippen LogP contribution in [0, 0.1) is 10.1 Å². The highest BCUT2D eigenvalue weighted by atomic mass is 32.2.